The first-order chi connectivity index (χ1) is 9.13. The molecule has 0 heterocycles. The van der Waals surface area contributed by atoms with E-state index in [0.717, 1.165) is 17.5 Å². The topological polar surface area (TPSA) is 58.2 Å². The van der Waals surface area contributed by atoms with Crippen LogP contribution in [-0.2, 0) is 16.6 Å². The first kappa shape index (κ1) is 17.6. The Hall–Kier alpha value is -0.430. The number of sulfonamides is 1. The molecule has 2 N–H and O–H groups in total. The molecule has 0 atom stereocenters. The summed E-state index contributed by atoms with van der Waals surface area (Å²) in [7, 11) is -1.71. The van der Waals surface area contributed by atoms with Crippen LogP contribution in [0, 0.1) is 6.92 Å². The standard InChI is InChI=1S/C14H23BrN2O2S/c1-6-14(3,4)17-20(18,19)12-8-11(9-16-5)7-10(2)13(12)15/h7-8,16-17H,6,9H2,1-5H3. The van der Waals surface area contributed by atoms with Gasteiger partial charge in [-0.15, -0.1) is 0 Å². The average Bonchev–Trinajstić information content (AvgIpc) is 2.32. The van der Waals surface area contributed by atoms with Crippen molar-refractivity contribution < 1.29 is 8.42 Å². The van der Waals surface area contributed by atoms with Gasteiger partial charge in [0.15, 0.2) is 0 Å². The third kappa shape index (κ3) is 4.28. The molecular weight excluding hydrogens is 340 g/mol. The molecule has 6 heteroatoms. The van der Waals surface area contributed by atoms with E-state index in [9.17, 15) is 8.42 Å². The van der Waals surface area contributed by atoms with Crippen LogP contribution in [-0.4, -0.2) is 21.0 Å². The Kier molecular flexibility index (Phi) is 5.78. The summed E-state index contributed by atoms with van der Waals surface area (Å²) in [6.07, 6.45) is 0.721. The molecule has 0 aliphatic rings. The Labute approximate surface area is 130 Å². The molecule has 0 saturated heterocycles. The molecular formula is C14H23BrN2O2S. The second-order valence-corrected chi connectivity index (χ2v) is 8.04. The third-order valence-electron chi connectivity index (χ3n) is 3.25. The van der Waals surface area contributed by atoms with Crippen LogP contribution in [0.2, 0.25) is 0 Å². The van der Waals surface area contributed by atoms with Gasteiger partial charge in [-0.3, -0.25) is 0 Å². The predicted octanol–water partition coefficient (Wildman–Crippen LogP) is 2.94. The Morgan fingerprint density at radius 2 is 1.90 bits per heavy atom. The minimum absolute atomic E-state index is 0.296. The molecule has 0 amide bonds. The molecule has 0 aliphatic heterocycles. The van der Waals surface area contributed by atoms with E-state index in [0.29, 0.717) is 15.9 Å². The van der Waals surface area contributed by atoms with Crippen molar-refractivity contribution in [3.05, 3.63) is 27.7 Å². The maximum absolute atomic E-state index is 12.6. The lowest BCUT2D eigenvalue weighted by atomic mass is 10.0. The summed E-state index contributed by atoms with van der Waals surface area (Å²) in [5.41, 5.74) is 1.39. The van der Waals surface area contributed by atoms with Crippen LogP contribution in [0.4, 0.5) is 0 Å². The number of halogens is 1. The van der Waals surface area contributed by atoms with Gasteiger partial charge in [0.05, 0.1) is 4.90 Å². The van der Waals surface area contributed by atoms with Gasteiger partial charge in [0.1, 0.15) is 0 Å². The van der Waals surface area contributed by atoms with Gasteiger partial charge >= 0.3 is 0 Å². The van der Waals surface area contributed by atoms with Crippen molar-refractivity contribution in [3.8, 4) is 0 Å². The first-order valence-electron chi connectivity index (χ1n) is 6.60. The fourth-order valence-electron chi connectivity index (χ4n) is 1.80. The SMILES string of the molecule is CCC(C)(C)NS(=O)(=O)c1cc(CNC)cc(C)c1Br. The van der Waals surface area contributed by atoms with Crippen LogP contribution in [0.25, 0.3) is 0 Å². The fourth-order valence-corrected chi connectivity index (χ4v) is 4.36. The maximum Gasteiger partial charge on any atom is 0.242 e. The molecule has 0 spiro atoms. The molecule has 1 aromatic carbocycles. The van der Waals surface area contributed by atoms with Crippen molar-refractivity contribution in [3.63, 3.8) is 0 Å². The number of benzene rings is 1. The molecule has 1 rings (SSSR count). The summed E-state index contributed by atoms with van der Waals surface area (Å²) < 4.78 is 28.5. The summed E-state index contributed by atoms with van der Waals surface area (Å²) >= 11 is 3.39. The van der Waals surface area contributed by atoms with Gasteiger partial charge in [-0.05, 0) is 67.4 Å². The van der Waals surface area contributed by atoms with E-state index < -0.39 is 15.6 Å². The zero-order valence-electron chi connectivity index (χ0n) is 12.7. The molecule has 0 saturated carbocycles. The number of hydrogen-bond acceptors (Lipinski definition) is 3. The van der Waals surface area contributed by atoms with E-state index in [4.69, 9.17) is 0 Å². The van der Waals surface area contributed by atoms with Crippen LogP contribution in [0.3, 0.4) is 0 Å². The molecule has 1 aromatic rings. The monoisotopic (exact) mass is 362 g/mol. The Bertz CT molecular complexity index is 583. The number of hydrogen-bond donors (Lipinski definition) is 2. The van der Waals surface area contributed by atoms with Gasteiger partial charge in [-0.1, -0.05) is 13.0 Å². The van der Waals surface area contributed by atoms with Gasteiger partial charge in [0.2, 0.25) is 10.0 Å². The Morgan fingerprint density at radius 1 is 1.30 bits per heavy atom. The van der Waals surface area contributed by atoms with E-state index in [1.54, 1.807) is 6.07 Å². The quantitative estimate of drug-likeness (QED) is 0.817. The molecule has 0 bridgehead atoms. The van der Waals surface area contributed by atoms with E-state index in [1.807, 2.05) is 40.8 Å². The minimum Gasteiger partial charge on any atom is -0.316 e. The van der Waals surface area contributed by atoms with Crippen molar-refractivity contribution in [1.82, 2.24) is 10.0 Å². The molecule has 0 unspecified atom stereocenters. The lowest BCUT2D eigenvalue weighted by molar-refractivity contribution is 0.439. The van der Waals surface area contributed by atoms with Gasteiger partial charge in [-0.25, -0.2) is 13.1 Å². The van der Waals surface area contributed by atoms with E-state index >= 15 is 0 Å². The highest BCUT2D eigenvalue weighted by atomic mass is 79.9. The van der Waals surface area contributed by atoms with Gasteiger partial charge < -0.3 is 5.32 Å². The zero-order valence-corrected chi connectivity index (χ0v) is 15.1. The van der Waals surface area contributed by atoms with Gasteiger partial charge in [0.25, 0.3) is 0 Å². The average molecular weight is 363 g/mol. The normalized spacial score (nSPS) is 12.7. The van der Waals surface area contributed by atoms with Crippen LogP contribution in [0.5, 0.6) is 0 Å². The van der Waals surface area contributed by atoms with Crippen molar-refractivity contribution in [1.29, 1.82) is 0 Å². The van der Waals surface area contributed by atoms with Gasteiger partial charge in [0, 0.05) is 16.6 Å². The van der Waals surface area contributed by atoms with Crippen molar-refractivity contribution >= 4 is 26.0 Å². The largest absolute Gasteiger partial charge is 0.316 e. The maximum atomic E-state index is 12.6. The highest BCUT2D eigenvalue weighted by Crippen LogP contribution is 2.28. The fraction of sp³-hybridized carbons (Fsp3) is 0.571. The lowest BCUT2D eigenvalue weighted by Gasteiger charge is -2.25. The number of nitrogens with one attached hydrogen (secondary N) is 2. The molecule has 0 aliphatic carbocycles. The Balaban J connectivity index is 3.30. The van der Waals surface area contributed by atoms with Crippen molar-refractivity contribution in [2.24, 2.45) is 0 Å². The van der Waals surface area contributed by atoms with E-state index in [-0.39, 0.29) is 0 Å². The van der Waals surface area contributed by atoms with Crippen LogP contribution in [0.15, 0.2) is 21.5 Å². The Morgan fingerprint density at radius 3 is 2.40 bits per heavy atom. The first-order valence-corrected chi connectivity index (χ1v) is 8.88. The van der Waals surface area contributed by atoms with E-state index in [1.165, 1.54) is 0 Å². The molecule has 4 nitrogen and oxygen atoms in total. The number of rotatable bonds is 6. The summed E-state index contributed by atoms with van der Waals surface area (Å²) in [6, 6.07) is 3.69. The second-order valence-electron chi connectivity index (χ2n) is 5.60. The minimum atomic E-state index is -3.55. The summed E-state index contributed by atoms with van der Waals surface area (Å²) in [4.78, 5) is 0.296. The second kappa shape index (κ2) is 6.56. The summed E-state index contributed by atoms with van der Waals surface area (Å²) in [5.74, 6) is 0. The number of aryl methyl sites for hydroxylation is 1. The zero-order chi connectivity index (χ0) is 15.6. The van der Waals surface area contributed by atoms with Gasteiger partial charge in [-0.2, -0.15) is 0 Å². The molecule has 0 aromatic heterocycles. The smallest absolute Gasteiger partial charge is 0.242 e. The van der Waals surface area contributed by atoms with Crippen LogP contribution >= 0.6 is 15.9 Å². The van der Waals surface area contributed by atoms with Crippen LogP contribution < -0.4 is 10.0 Å². The lowest BCUT2D eigenvalue weighted by Crippen LogP contribution is -2.42. The highest BCUT2D eigenvalue weighted by Gasteiger charge is 2.27. The van der Waals surface area contributed by atoms with E-state index in [2.05, 4.69) is 26.0 Å². The molecule has 114 valence electrons. The highest BCUT2D eigenvalue weighted by molar-refractivity contribution is 9.10. The molecule has 20 heavy (non-hydrogen) atoms. The molecule has 0 radical (unpaired) electrons. The third-order valence-corrected chi connectivity index (χ3v) is 6.28. The summed E-state index contributed by atoms with van der Waals surface area (Å²) in [6.45, 7) is 8.24. The van der Waals surface area contributed by atoms with Crippen molar-refractivity contribution in [2.45, 2.75) is 51.1 Å². The van der Waals surface area contributed by atoms with Crippen LogP contribution in [0.1, 0.15) is 38.3 Å². The van der Waals surface area contributed by atoms with Crippen molar-refractivity contribution in [2.75, 3.05) is 7.05 Å². The predicted molar refractivity (Wildman–Crippen MR) is 86.3 cm³/mol. The summed E-state index contributed by atoms with van der Waals surface area (Å²) in [5, 5.41) is 3.04. The molecule has 0 fully saturated rings.